The van der Waals surface area contributed by atoms with E-state index >= 15 is 0 Å². The van der Waals surface area contributed by atoms with Crippen LogP contribution in [0, 0.1) is 18.2 Å². The summed E-state index contributed by atoms with van der Waals surface area (Å²) < 4.78 is 20.0. The van der Waals surface area contributed by atoms with Crippen LogP contribution >= 0.6 is 0 Å². The van der Waals surface area contributed by atoms with E-state index in [4.69, 9.17) is 10.5 Å². The lowest BCUT2D eigenvalue weighted by molar-refractivity contribution is 0.0526. The van der Waals surface area contributed by atoms with Gasteiger partial charge in [0.25, 0.3) is 5.91 Å². The number of morpholine rings is 1. The lowest BCUT2D eigenvalue weighted by Gasteiger charge is -2.35. The van der Waals surface area contributed by atoms with E-state index in [0.717, 1.165) is 31.6 Å². The van der Waals surface area contributed by atoms with E-state index in [0.29, 0.717) is 42.6 Å². The number of aromatic nitrogens is 2. The molecule has 2 saturated heterocycles. The molecule has 1 atom stereocenters. The Labute approximate surface area is 193 Å². The van der Waals surface area contributed by atoms with E-state index in [-0.39, 0.29) is 17.4 Å². The van der Waals surface area contributed by atoms with Gasteiger partial charge < -0.3 is 25.6 Å². The van der Waals surface area contributed by atoms with Crippen molar-refractivity contribution in [1.29, 1.82) is 0 Å². The predicted octanol–water partition coefficient (Wildman–Crippen LogP) is 3.36. The Balaban J connectivity index is 1.39. The van der Waals surface area contributed by atoms with Gasteiger partial charge in [-0.1, -0.05) is 0 Å². The standard InChI is InChI=1S/C24H31FN6O2/c1-15-11-21(29-23(27-15)31-9-10-33-16(2)14-31)28-22(32)17-12-18(25)19(26)13-20(17)30-7-5-24(3-4-24)6-8-30/h11-13,16H,3-10,14,26H2,1-2H3,(H,27,28,29,32). The highest BCUT2D eigenvalue weighted by molar-refractivity contribution is 6.08. The number of nitrogens with two attached hydrogens (primary N) is 1. The molecular formula is C24H31FN6O2. The van der Waals surface area contributed by atoms with Crippen LogP contribution in [0.3, 0.4) is 0 Å². The van der Waals surface area contributed by atoms with Gasteiger partial charge in [-0.2, -0.15) is 4.98 Å². The van der Waals surface area contributed by atoms with Crippen LogP contribution < -0.4 is 20.9 Å². The van der Waals surface area contributed by atoms with Crippen LogP contribution in [0.5, 0.6) is 0 Å². The second-order valence-electron chi connectivity index (χ2n) is 9.65. The molecule has 1 aromatic heterocycles. The smallest absolute Gasteiger partial charge is 0.259 e. The number of piperidine rings is 1. The van der Waals surface area contributed by atoms with Gasteiger partial charge in [-0.15, -0.1) is 0 Å². The zero-order chi connectivity index (χ0) is 23.2. The van der Waals surface area contributed by atoms with E-state index in [9.17, 15) is 9.18 Å². The molecule has 3 heterocycles. The van der Waals surface area contributed by atoms with Crippen molar-refractivity contribution < 1.29 is 13.9 Å². The predicted molar refractivity (Wildman–Crippen MR) is 126 cm³/mol. The minimum absolute atomic E-state index is 0.0508. The number of nitrogens with zero attached hydrogens (tertiary/aromatic N) is 4. The Morgan fingerprint density at radius 3 is 2.61 bits per heavy atom. The van der Waals surface area contributed by atoms with E-state index in [1.165, 1.54) is 18.9 Å². The summed E-state index contributed by atoms with van der Waals surface area (Å²) in [6, 6.07) is 4.54. The van der Waals surface area contributed by atoms with Gasteiger partial charge in [0.1, 0.15) is 11.6 Å². The summed E-state index contributed by atoms with van der Waals surface area (Å²) in [4.78, 5) is 26.6. The maximum Gasteiger partial charge on any atom is 0.259 e. The van der Waals surface area contributed by atoms with E-state index in [1.807, 2.05) is 18.7 Å². The lowest BCUT2D eigenvalue weighted by atomic mass is 9.93. The third-order valence-corrected chi connectivity index (χ3v) is 7.09. The number of hydrogen-bond donors (Lipinski definition) is 2. The van der Waals surface area contributed by atoms with Crippen LogP contribution in [-0.4, -0.2) is 54.8 Å². The highest BCUT2D eigenvalue weighted by Crippen LogP contribution is 2.54. The van der Waals surface area contributed by atoms with Gasteiger partial charge in [-0.3, -0.25) is 4.79 Å². The van der Waals surface area contributed by atoms with Crippen LogP contribution in [0.15, 0.2) is 18.2 Å². The van der Waals surface area contributed by atoms with Crippen molar-refractivity contribution in [2.45, 2.75) is 45.6 Å². The molecule has 0 radical (unpaired) electrons. The van der Waals surface area contributed by atoms with E-state index < -0.39 is 11.7 Å². The third kappa shape index (κ3) is 4.59. The number of benzene rings is 1. The van der Waals surface area contributed by atoms with Crippen molar-refractivity contribution in [2.24, 2.45) is 5.41 Å². The van der Waals surface area contributed by atoms with Crippen molar-refractivity contribution in [2.75, 3.05) is 53.6 Å². The number of amides is 1. The largest absolute Gasteiger partial charge is 0.396 e. The molecule has 33 heavy (non-hydrogen) atoms. The zero-order valence-corrected chi connectivity index (χ0v) is 19.2. The van der Waals surface area contributed by atoms with E-state index in [2.05, 4.69) is 20.2 Å². The molecule has 8 nitrogen and oxygen atoms in total. The lowest BCUT2D eigenvalue weighted by Crippen LogP contribution is -2.42. The summed E-state index contributed by atoms with van der Waals surface area (Å²) in [6.45, 7) is 7.53. The van der Waals surface area contributed by atoms with Crippen molar-refractivity contribution in [3.05, 3.63) is 35.3 Å². The number of carbonyl (C=O) groups is 1. The molecule has 1 amide bonds. The van der Waals surface area contributed by atoms with Crippen molar-refractivity contribution in [3.63, 3.8) is 0 Å². The summed E-state index contributed by atoms with van der Waals surface area (Å²) in [7, 11) is 0. The average molecular weight is 455 g/mol. The van der Waals surface area contributed by atoms with Gasteiger partial charge in [-0.05, 0) is 57.1 Å². The molecule has 1 saturated carbocycles. The van der Waals surface area contributed by atoms with Crippen LogP contribution in [0.4, 0.5) is 27.5 Å². The summed E-state index contributed by atoms with van der Waals surface area (Å²) in [6.07, 6.45) is 4.85. The Morgan fingerprint density at radius 2 is 1.91 bits per heavy atom. The topological polar surface area (TPSA) is 96.6 Å². The maximum absolute atomic E-state index is 14.4. The minimum atomic E-state index is -0.596. The number of nitrogens with one attached hydrogen (secondary N) is 1. The number of nitrogen functional groups attached to an aromatic ring is 1. The second-order valence-corrected chi connectivity index (χ2v) is 9.65. The van der Waals surface area contributed by atoms with Crippen LogP contribution in [0.1, 0.15) is 48.7 Å². The molecule has 5 rings (SSSR count). The van der Waals surface area contributed by atoms with Gasteiger partial charge in [0.15, 0.2) is 0 Å². The molecule has 3 N–H and O–H groups in total. The first-order chi connectivity index (χ1) is 15.8. The summed E-state index contributed by atoms with van der Waals surface area (Å²) >= 11 is 0. The van der Waals surface area contributed by atoms with Crippen LogP contribution in [0.25, 0.3) is 0 Å². The Kier molecular flexibility index (Phi) is 5.60. The highest BCUT2D eigenvalue weighted by Gasteiger charge is 2.44. The third-order valence-electron chi connectivity index (χ3n) is 7.09. The first kappa shape index (κ1) is 21.9. The van der Waals surface area contributed by atoms with Crippen molar-refractivity contribution in [1.82, 2.24) is 9.97 Å². The molecule has 176 valence electrons. The fourth-order valence-corrected chi connectivity index (χ4v) is 4.86. The molecule has 2 aliphatic heterocycles. The number of halogens is 1. The number of rotatable bonds is 4. The van der Waals surface area contributed by atoms with Gasteiger partial charge in [0.2, 0.25) is 5.95 Å². The number of ether oxygens (including phenoxy) is 1. The molecule has 3 aliphatic rings. The van der Waals surface area contributed by atoms with Gasteiger partial charge in [0.05, 0.1) is 29.6 Å². The molecule has 1 unspecified atom stereocenters. The van der Waals surface area contributed by atoms with Crippen LogP contribution in [0.2, 0.25) is 0 Å². The fourth-order valence-electron chi connectivity index (χ4n) is 4.86. The minimum Gasteiger partial charge on any atom is -0.396 e. The summed E-state index contributed by atoms with van der Waals surface area (Å²) in [5.41, 5.74) is 8.11. The second kappa shape index (κ2) is 8.44. The summed E-state index contributed by atoms with van der Waals surface area (Å²) in [5, 5.41) is 2.86. The van der Waals surface area contributed by atoms with Crippen LogP contribution in [-0.2, 0) is 4.74 Å². The maximum atomic E-state index is 14.4. The Bertz CT molecular complexity index is 1060. The normalized spacial score (nSPS) is 21.8. The molecule has 0 bridgehead atoms. The molecule has 3 fully saturated rings. The molecule has 2 aromatic rings. The SMILES string of the molecule is Cc1cc(NC(=O)c2cc(F)c(N)cc2N2CCC3(CC2)CC3)nc(N2CCOC(C)C2)n1. The molecular weight excluding hydrogens is 423 g/mol. The Morgan fingerprint density at radius 1 is 1.15 bits per heavy atom. The number of aryl methyl sites for hydroxylation is 1. The first-order valence-electron chi connectivity index (χ1n) is 11.7. The fraction of sp³-hybridized carbons (Fsp3) is 0.542. The van der Waals surface area contributed by atoms with Crippen molar-refractivity contribution in [3.8, 4) is 0 Å². The summed E-state index contributed by atoms with van der Waals surface area (Å²) in [5.74, 6) is -0.0632. The van der Waals surface area contributed by atoms with Crippen molar-refractivity contribution >= 4 is 29.0 Å². The first-order valence-corrected chi connectivity index (χ1v) is 11.7. The molecule has 1 aromatic carbocycles. The molecule has 1 aliphatic carbocycles. The quantitative estimate of drug-likeness (QED) is 0.684. The zero-order valence-electron chi connectivity index (χ0n) is 19.2. The highest BCUT2D eigenvalue weighted by atomic mass is 19.1. The number of carbonyl (C=O) groups excluding carboxylic acids is 1. The van der Waals surface area contributed by atoms with Gasteiger partial charge in [-0.25, -0.2) is 9.37 Å². The molecule has 9 heteroatoms. The number of hydrogen-bond acceptors (Lipinski definition) is 7. The molecule has 1 spiro atoms. The van der Waals surface area contributed by atoms with Gasteiger partial charge >= 0.3 is 0 Å². The van der Waals surface area contributed by atoms with E-state index in [1.54, 1.807) is 12.1 Å². The average Bonchev–Trinajstić information content (AvgIpc) is 3.54. The van der Waals surface area contributed by atoms with Gasteiger partial charge in [0, 0.05) is 37.9 Å². The monoisotopic (exact) mass is 454 g/mol. The Hall–Kier alpha value is -2.94. The number of anilines is 4.